The molecule has 0 spiro atoms. The standard InChI is InChI=1S/C27H24F3N5O2/c28-27(29,30)24-15-23(35(34-24)21-11-4-6-17(12-21)16-31)26(37)33-20-10-5-9-19(13-20)22(14-25(32)36)18-7-2-1-3-8-18/h1-13,15,22H,14,16,31H2,(H2,32,36)(H,33,37). The Kier molecular flexibility index (Phi) is 7.40. The fourth-order valence-corrected chi connectivity index (χ4v) is 4.04. The predicted molar refractivity (Wildman–Crippen MR) is 133 cm³/mol. The van der Waals surface area contributed by atoms with E-state index in [1.165, 1.54) is 6.07 Å². The second-order valence-electron chi connectivity index (χ2n) is 8.41. The second-order valence-corrected chi connectivity index (χ2v) is 8.41. The monoisotopic (exact) mass is 507 g/mol. The van der Waals surface area contributed by atoms with Crippen molar-refractivity contribution in [2.24, 2.45) is 11.5 Å². The number of nitrogens with two attached hydrogens (primary N) is 2. The van der Waals surface area contributed by atoms with E-state index in [-0.39, 0.29) is 30.3 Å². The van der Waals surface area contributed by atoms with Gasteiger partial charge in [0.05, 0.1) is 5.69 Å². The van der Waals surface area contributed by atoms with Gasteiger partial charge < -0.3 is 16.8 Å². The summed E-state index contributed by atoms with van der Waals surface area (Å²) in [6, 6.07) is 23.2. The number of primary amides is 1. The molecule has 0 aliphatic rings. The van der Waals surface area contributed by atoms with Gasteiger partial charge in [-0.05, 0) is 41.0 Å². The molecule has 0 fully saturated rings. The number of nitrogens with zero attached hydrogens (tertiary/aromatic N) is 2. The molecular formula is C27H24F3N5O2. The highest BCUT2D eigenvalue weighted by atomic mass is 19.4. The minimum atomic E-state index is -4.75. The number of benzene rings is 3. The molecule has 0 bridgehead atoms. The predicted octanol–water partition coefficient (Wildman–Crippen LogP) is 4.61. The first-order valence-corrected chi connectivity index (χ1v) is 11.4. The van der Waals surface area contributed by atoms with Crippen LogP contribution < -0.4 is 16.8 Å². The number of aromatic nitrogens is 2. The Balaban J connectivity index is 1.69. The second kappa shape index (κ2) is 10.7. The smallest absolute Gasteiger partial charge is 0.370 e. The first kappa shape index (κ1) is 25.6. The van der Waals surface area contributed by atoms with Gasteiger partial charge in [-0.15, -0.1) is 0 Å². The van der Waals surface area contributed by atoms with Crippen molar-refractivity contribution in [2.45, 2.75) is 25.1 Å². The van der Waals surface area contributed by atoms with E-state index >= 15 is 0 Å². The van der Waals surface area contributed by atoms with Crippen LogP contribution >= 0.6 is 0 Å². The summed E-state index contributed by atoms with van der Waals surface area (Å²) < 4.78 is 41.4. The molecule has 0 saturated heterocycles. The summed E-state index contributed by atoms with van der Waals surface area (Å²) in [7, 11) is 0. The summed E-state index contributed by atoms with van der Waals surface area (Å²) in [6.45, 7) is 0.170. The molecule has 1 atom stereocenters. The van der Waals surface area contributed by atoms with Gasteiger partial charge in [-0.25, -0.2) is 4.68 Å². The number of anilines is 1. The van der Waals surface area contributed by atoms with Gasteiger partial charge in [0.25, 0.3) is 5.91 Å². The number of halogens is 3. The normalized spacial score (nSPS) is 12.2. The third-order valence-electron chi connectivity index (χ3n) is 5.78. The van der Waals surface area contributed by atoms with Gasteiger partial charge >= 0.3 is 6.18 Å². The maximum absolute atomic E-state index is 13.5. The molecule has 0 radical (unpaired) electrons. The van der Waals surface area contributed by atoms with Crippen molar-refractivity contribution in [1.82, 2.24) is 9.78 Å². The quantitative estimate of drug-likeness (QED) is 0.323. The lowest BCUT2D eigenvalue weighted by Gasteiger charge is -2.18. The van der Waals surface area contributed by atoms with Crippen molar-refractivity contribution in [3.63, 3.8) is 0 Å². The average Bonchev–Trinajstić information content (AvgIpc) is 3.35. The van der Waals surface area contributed by atoms with Crippen LogP contribution in [0.2, 0.25) is 0 Å². The molecule has 0 aliphatic carbocycles. The molecule has 0 saturated carbocycles. The SMILES string of the molecule is NCc1cccc(-n2nc(C(F)(F)F)cc2C(=O)Nc2cccc(C(CC(N)=O)c3ccccc3)c2)c1. The summed E-state index contributed by atoms with van der Waals surface area (Å²) in [6.07, 6.45) is -4.70. The van der Waals surface area contributed by atoms with Crippen LogP contribution in [0.5, 0.6) is 0 Å². The fourth-order valence-electron chi connectivity index (χ4n) is 4.04. The molecular weight excluding hydrogens is 483 g/mol. The lowest BCUT2D eigenvalue weighted by Crippen LogP contribution is -2.18. The van der Waals surface area contributed by atoms with Gasteiger partial charge in [0.2, 0.25) is 5.91 Å². The maximum atomic E-state index is 13.5. The molecule has 10 heteroatoms. The number of carbonyl (C=O) groups is 2. The Morgan fingerprint density at radius 2 is 1.62 bits per heavy atom. The molecule has 1 unspecified atom stereocenters. The van der Waals surface area contributed by atoms with Crippen LogP contribution in [0.15, 0.2) is 84.9 Å². The van der Waals surface area contributed by atoms with Gasteiger partial charge in [0, 0.05) is 30.6 Å². The van der Waals surface area contributed by atoms with Crippen molar-refractivity contribution in [3.8, 4) is 5.69 Å². The van der Waals surface area contributed by atoms with E-state index in [4.69, 9.17) is 11.5 Å². The molecule has 4 rings (SSSR count). The van der Waals surface area contributed by atoms with Crippen molar-refractivity contribution in [2.75, 3.05) is 5.32 Å². The number of amides is 2. The molecule has 5 N–H and O–H groups in total. The van der Waals surface area contributed by atoms with Crippen LogP contribution in [-0.4, -0.2) is 21.6 Å². The highest BCUT2D eigenvalue weighted by molar-refractivity contribution is 6.03. The molecule has 37 heavy (non-hydrogen) atoms. The first-order chi connectivity index (χ1) is 17.7. The zero-order valence-electron chi connectivity index (χ0n) is 19.6. The van der Waals surface area contributed by atoms with Crippen molar-refractivity contribution < 1.29 is 22.8 Å². The highest BCUT2D eigenvalue weighted by Crippen LogP contribution is 2.31. The van der Waals surface area contributed by atoms with E-state index in [9.17, 15) is 22.8 Å². The minimum Gasteiger partial charge on any atom is -0.370 e. The molecule has 1 heterocycles. The van der Waals surface area contributed by atoms with E-state index in [0.29, 0.717) is 22.9 Å². The Labute approximate surface area is 210 Å². The number of hydrogen-bond donors (Lipinski definition) is 3. The Hall–Kier alpha value is -4.44. The molecule has 1 aromatic heterocycles. The van der Waals surface area contributed by atoms with E-state index in [2.05, 4.69) is 10.4 Å². The molecule has 190 valence electrons. The summed E-state index contributed by atoms with van der Waals surface area (Å²) in [4.78, 5) is 24.9. The van der Waals surface area contributed by atoms with Gasteiger partial charge in [-0.1, -0.05) is 54.6 Å². The molecule has 7 nitrogen and oxygen atoms in total. The van der Waals surface area contributed by atoms with E-state index in [1.807, 2.05) is 30.3 Å². The van der Waals surface area contributed by atoms with Crippen LogP contribution in [0, 0.1) is 0 Å². The van der Waals surface area contributed by atoms with Gasteiger partial charge in [-0.2, -0.15) is 18.3 Å². The topological polar surface area (TPSA) is 116 Å². The lowest BCUT2D eigenvalue weighted by molar-refractivity contribution is -0.141. The lowest BCUT2D eigenvalue weighted by atomic mass is 9.88. The maximum Gasteiger partial charge on any atom is 0.435 e. The van der Waals surface area contributed by atoms with Crippen molar-refractivity contribution in [3.05, 3.63) is 113 Å². The summed E-state index contributed by atoms with van der Waals surface area (Å²) in [5.74, 6) is -1.65. The third-order valence-corrected chi connectivity index (χ3v) is 5.78. The van der Waals surface area contributed by atoms with Gasteiger partial charge in [0.1, 0.15) is 5.69 Å². The minimum absolute atomic E-state index is 0.0423. The van der Waals surface area contributed by atoms with Crippen LogP contribution in [0.1, 0.15) is 45.2 Å². The number of rotatable bonds is 8. The van der Waals surface area contributed by atoms with Gasteiger partial charge in [0.15, 0.2) is 5.69 Å². The largest absolute Gasteiger partial charge is 0.435 e. The molecule has 4 aromatic rings. The van der Waals surface area contributed by atoms with Crippen molar-refractivity contribution >= 4 is 17.5 Å². The van der Waals surface area contributed by atoms with E-state index in [1.54, 1.807) is 42.5 Å². The summed E-state index contributed by atoms with van der Waals surface area (Å²) in [5, 5.41) is 6.30. The third kappa shape index (κ3) is 6.04. The van der Waals surface area contributed by atoms with Gasteiger partial charge in [-0.3, -0.25) is 9.59 Å². The highest BCUT2D eigenvalue weighted by Gasteiger charge is 2.36. The van der Waals surface area contributed by atoms with Crippen LogP contribution in [0.3, 0.4) is 0 Å². The molecule has 3 aromatic carbocycles. The summed E-state index contributed by atoms with van der Waals surface area (Å²) >= 11 is 0. The number of alkyl halides is 3. The number of carbonyl (C=O) groups excluding carboxylic acids is 2. The van der Waals surface area contributed by atoms with Crippen LogP contribution in [0.4, 0.5) is 18.9 Å². The Morgan fingerprint density at radius 3 is 2.30 bits per heavy atom. The van der Waals surface area contributed by atoms with E-state index < -0.39 is 23.7 Å². The number of nitrogens with one attached hydrogen (secondary N) is 1. The van der Waals surface area contributed by atoms with Crippen molar-refractivity contribution in [1.29, 1.82) is 0 Å². The van der Waals surface area contributed by atoms with Crippen LogP contribution in [0.25, 0.3) is 5.69 Å². The fraction of sp³-hybridized carbons (Fsp3) is 0.148. The zero-order chi connectivity index (χ0) is 26.6. The van der Waals surface area contributed by atoms with E-state index in [0.717, 1.165) is 10.2 Å². The number of hydrogen-bond acceptors (Lipinski definition) is 4. The average molecular weight is 508 g/mol. The zero-order valence-corrected chi connectivity index (χ0v) is 19.6. The molecule has 0 aliphatic heterocycles. The van der Waals surface area contributed by atoms with Crippen LogP contribution in [-0.2, 0) is 17.5 Å². The Bertz CT molecular complexity index is 1420. The summed E-state index contributed by atoms with van der Waals surface area (Å²) in [5.41, 5.74) is 12.5. The molecule has 2 amide bonds. The Morgan fingerprint density at radius 1 is 0.919 bits per heavy atom. The first-order valence-electron chi connectivity index (χ1n) is 11.4.